The van der Waals surface area contributed by atoms with Gasteiger partial charge in [-0.3, -0.25) is 4.79 Å². The summed E-state index contributed by atoms with van der Waals surface area (Å²) < 4.78 is 11.9. The molecule has 0 saturated carbocycles. The molecule has 0 bridgehead atoms. The van der Waals surface area contributed by atoms with Crippen LogP contribution in [0.2, 0.25) is 0 Å². The Morgan fingerprint density at radius 2 is 1.96 bits per heavy atom. The van der Waals surface area contributed by atoms with Crippen LogP contribution >= 0.6 is 0 Å². The van der Waals surface area contributed by atoms with Gasteiger partial charge in [-0.15, -0.1) is 5.10 Å². The van der Waals surface area contributed by atoms with Crippen LogP contribution in [-0.2, 0) is 4.79 Å². The van der Waals surface area contributed by atoms with E-state index in [-0.39, 0.29) is 12.6 Å². The molecular weight excluding hydrogens is 334 g/mol. The van der Waals surface area contributed by atoms with E-state index in [1.807, 2.05) is 42.5 Å². The highest BCUT2D eigenvalue weighted by molar-refractivity contribution is 5.83. The predicted octanol–water partition coefficient (Wildman–Crippen LogP) is 1.80. The maximum atomic E-state index is 11.8. The van der Waals surface area contributed by atoms with Crippen LogP contribution in [0, 0.1) is 0 Å². The molecule has 2 aromatic carbocycles. The number of para-hydroxylation sites is 1. The van der Waals surface area contributed by atoms with Crippen LogP contribution in [-0.4, -0.2) is 40.6 Å². The molecule has 132 valence electrons. The number of hydrazone groups is 1. The molecule has 8 nitrogen and oxygen atoms in total. The van der Waals surface area contributed by atoms with E-state index in [0.29, 0.717) is 0 Å². The summed E-state index contributed by atoms with van der Waals surface area (Å²) in [6.07, 6.45) is 3.05. The van der Waals surface area contributed by atoms with Crippen molar-refractivity contribution >= 4 is 12.1 Å². The lowest BCUT2D eigenvalue weighted by atomic mass is 10.2. The quantitative estimate of drug-likeness (QED) is 0.518. The van der Waals surface area contributed by atoms with Crippen molar-refractivity contribution in [3.63, 3.8) is 0 Å². The summed E-state index contributed by atoms with van der Waals surface area (Å²) >= 11 is 0. The van der Waals surface area contributed by atoms with E-state index >= 15 is 0 Å². The number of methoxy groups -OCH3 is 1. The van der Waals surface area contributed by atoms with Crippen LogP contribution in [0.25, 0.3) is 5.69 Å². The number of nitrogens with one attached hydrogen (secondary N) is 1. The molecule has 0 radical (unpaired) electrons. The fraction of sp³-hybridized carbons (Fsp3) is 0.111. The van der Waals surface area contributed by atoms with Gasteiger partial charge in [0.05, 0.1) is 19.0 Å². The lowest BCUT2D eigenvalue weighted by Crippen LogP contribution is -2.24. The van der Waals surface area contributed by atoms with Crippen LogP contribution in [0.5, 0.6) is 11.8 Å². The number of hydrogen-bond donors (Lipinski definition) is 1. The van der Waals surface area contributed by atoms with Crippen LogP contribution in [0.15, 0.2) is 66.0 Å². The fourth-order valence-electron chi connectivity index (χ4n) is 2.05. The third-order valence-corrected chi connectivity index (χ3v) is 3.34. The zero-order chi connectivity index (χ0) is 18.2. The Hall–Kier alpha value is -3.68. The number of aromatic nitrogens is 3. The maximum Gasteiger partial charge on any atom is 0.336 e. The number of carbonyl (C=O) groups excluding carboxylic acids is 1. The molecule has 0 aliphatic rings. The highest BCUT2D eigenvalue weighted by Gasteiger charge is 2.06. The van der Waals surface area contributed by atoms with Crippen molar-refractivity contribution in [3.8, 4) is 17.4 Å². The van der Waals surface area contributed by atoms with E-state index in [4.69, 9.17) is 9.47 Å². The number of hydrogen-bond acceptors (Lipinski definition) is 6. The lowest BCUT2D eigenvalue weighted by molar-refractivity contribution is -0.123. The smallest absolute Gasteiger partial charge is 0.336 e. The van der Waals surface area contributed by atoms with Crippen molar-refractivity contribution in [2.24, 2.45) is 5.10 Å². The SMILES string of the molecule is COc1ccc(C=NNC(=O)COc2ncn(-c3ccccc3)n2)cc1. The molecular formula is C18H17N5O3. The van der Waals surface area contributed by atoms with E-state index in [1.165, 1.54) is 12.5 Å². The maximum absolute atomic E-state index is 11.8. The lowest BCUT2D eigenvalue weighted by Gasteiger charge is -2.01. The molecule has 0 saturated heterocycles. The van der Waals surface area contributed by atoms with E-state index in [9.17, 15) is 4.79 Å². The molecule has 26 heavy (non-hydrogen) atoms. The van der Waals surface area contributed by atoms with Gasteiger partial charge in [0, 0.05) is 0 Å². The summed E-state index contributed by atoms with van der Waals surface area (Å²) in [5.41, 5.74) is 4.06. The van der Waals surface area contributed by atoms with Gasteiger partial charge in [-0.1, -0.05) is 18.2 Å². The van der Waals surface area contributed by atoms with Crippen molar-refractivity contribution < 1.29 is 14.3 Å². The average Bonchev–Trinajstić information content (AvgIpc) is 3.17. The first-order chi connectivity index (χ1) is 12.7. The Morgan fingerprint density at radius 3 is 2.69 bits per heavy atom. The molecule has 1 heterocycles. The highest BCUT2D eigenvalue weighted by atomic mass is 16.5. The first-order valence-corrected chi connectivity index (χ1v) is 7.80. The van der Waals surface area contributed by atoms with Crippen LogP contribution in [0.4, 0.5) is 0 Å². The second-order valence-corrected chi connectivity index (χ2v) is 5.16. The summed E-state index contributed by atoms with van der Waals surface area (Å²) in [5, 5.41) is 8.02. The summed E-state index contributed by atoms with van der Waals surface area (Å²) in [7, 11) is 1.60. The predicted molar refractivity (Wildman–Crippen MR) is 95.6 cm³/mol. The number of rotatable bonds is 7. The topological polar surface area (TPSA) is 90.6 Å². The Morgan fingerprint density at radius 1 is 1.19 bits per heavy atom. The van der Waals surface area contributed by atoms with Crippen LogP contribution in [0.3, 0.4) is 0 Å². The van der Waals surface area contributed by atoms with Crippen molar-refractivity contribution in [2.75, 3.05) is 13.7 Å². The van der Waals surface area contributed by atoms with Crippen molar-refractivity contribution in [1.82, 2.24) is 20.2 Å². The molecule has 0 unspecified atom stereocenters. The second kappa shape index (κ2) is 8.43. The van der Waals surface area contributed by atoms with E-state index < -0.39 is 5.91 Å². The molecule has 0 aliphatic heterocycles. The zero-order valence-electron chi connectivity index (χ0n) is 14.1. The largest absolute Gasteiger partial charge is 0.497 e. The van der Waals surface area contributed by atoms with Crippen molar-refractivity contribution in [2.45, 2.75) is 0 Å². The number of ether oxygens (including phenoxy) is 2. The Balaban J connectivity index is 1.46. The van der Waals surface area contributed by atoms with Gasteiger partial charge < -0.3 is 9.47 Å². The normalized spacial score (nSPS) is 10.7. The standard InChI is InChI=1S/C18H17N5O3/c1-25-16-9-7-14(8-10-16)11-20-21-17(24)12-26-18-19-13-23(22-18)15-5-3-2-4-6-15/h2-11,13H,12H2,1H3,(H,21,24). The van der Waals surface area contributed by atoms with Gasteiger partial charge in [0.2, 0.25) is 0 Å². The molecule has 0 fully saturated rings. The molecule has 1 N–H and O–H groups in total. The van der Waals surface area contributed by atoms with E-state index in [2.05, 4.69) is 20.6 Å². The molecule has 1 aromatic heterocycles. The molecule has 0 atom stereocenters. The van der Waals surface area contributed by atoms with Gasteiger partial charge >= 0.3 is 6.01 Å². The van der Waals surface area contributed by atoms with E-state index in [0.717, 1.165) is 17.0 Å². The molecule has 1 amide bonds. The van der Waals surface area contributed by atoms with Crippen LogP contribution < -0.4 is 14.9 Å². The third-order valence-electron chi connectivity index (χ3n) is 3.34. The number of amides is 1. The van der Waals surface area contributed by atoms with Crippen molar-refractivity contribution in [3.05, 3.63) is 66.5 Å². The number of carbonyl (C=O) groups is 1. The summed E-state index contributed by atoms with van der Waals surface area (Å²) in [6.45, 7) is -0.237. The number of benzene rings is 2. The van der Waals surface area contributed by atoms with E-state index in [1.54, 1.807) is 23.9 Å². The zero-order valence-corrected chi connectivity index (χ0v) is 14.1. The summed E-state index contributed by atoms with van der Waals surface area (Å²) in [4.78, 5) is 15.8. The molecule has 3 rings (SSSR count). The third kappa shape index (κ3) is 4.67. The summed E-state index contributed by atoms with van der Waals surface area (Å²) in [5.74, 6) is 0.341. The molecule has 0 aliphatic carbocycles. The minimum atomic E-state index is -0.411. The Kier molecular flexibility index (Phi) is 5.56. The van der Waals surface area contributed by atoms with Crippen molar-refractivity contribution in [1.29, 1.82) is 0 Å². The highest BCUT2D eigenvalue weighted by Crippen LogP contribution is 2.10. The monoisotopic (exact) mass is 351 g/mol. The molecule has 8 heteroatoms. The minimum Gasteiger partial charge on any atom is -0.497 e. The van der Waals surface area contributed by atoms with Crippen LogP contribution in [0.1, 0.15) is 5.56 Å². The Bertz CT molecular complexity index is 875. The van der Waals surface area contributed by atoms with Gasteiger partial charge in [-0.25, -0.2) is 10.1 Å². The molecule has 3 aromatic rings. The van der Waals surface area contributed by atoms with Gasteiger partial charge in [0.15, 0.2) is 6.61 Å². The Labute approximate surface area is 150 Å². The van der Waals surface area contributed by atoms with Gasteiger partial charge in [-0.05, 0) is 42.0 Å². The van der Waals surface area contributed by atoms with Gasteiger partial charge in [-0.2, -0.15) is 10.1 Å². The first-order valence-electron chi connectivity index (χ1n) is 7.80. The first kappa shape index (κ1) is 17.2. The second-order valence-electron chi connectivity index (χ2n) is 5.16. The summed E-state index contributed by atoms with van der Waals surface area (Å²) in [6, 6.07) is 16.9. The minimum absolute atomic E-state index is 0.114. The average molecular weight is 351 g/mol. The van der Waals surface area contributed by atoms with Gasteiger partial charge in [0.25, 0.3) is 5.91 Å². The number of nitrogens with zero attached hydrogens (tertiary/aromatic N) is 4. The fourth-order valence-corrected chi connectivity index (χ4v) is 2.05. The van der Waals surface area contributed by atoms with Gasteiger partial charge in [0.1, 0.15) is 12.1 Å². The molecule has 0 spiro atoms.